The summed E-state index contributed by atoms with van der Waals surface area (Å²) in [6.45, 7) is 2.11. The number of nitrogens with two attached hydrogens (primary N) is 1. The smallest absolute Gasteiger partial charge is 0.0503 e. The fourth-order valence-electron chi connectivity index (χ4n) is 2.12. The van der Waals surface area contributed by atoms with Crippen molar-refractivity contribution in [3.63, 3.8) is 0 Å². The Kier molecular flexibility index (Phi) is 5.38. The summed E-state index contributed by atoms with van der Waals surface area (Å²) in [4.78, 5) is 0. The van der Waals surface area contributed by atoms with Crippen molar-refractivity contribution >= 4 is 38.5 Å². The fraction of sp³-hybridized carbons (Fsp3) is 0.200. The lowest BCUT2D eigenvalue weighted by molar-refractivity contribution is 0.549. The lowest BCUT2D eigenvalue weighted by Crippen LogP contribution is -2.30. The van der Waals surface area contributed by atoms with E-state index in [1.807, 2.05) is 6.07 Å². The van der Waals surface area contributed by atoms with Gasteiger partial charge in [0.15, 0.2) is 0 Å². The minimum absolute atomic E-state index is 0.123. The Hall–Kier alpha value is -0.430. The third kappa shape index (κ3) is 3.78. The fourth-order valence-corrected chi connectivity index (χ4v) is 2.86. The molecule has 0 radical (unpaired) electrons. The quantitative estimate of drug-likeness (QED) is 0.435. The minimum Gasteiger partial charge on any atom is -0.271 e. The highest BCUT2D eigenvalue weighted by atomic mass is 127. The Morgan fingerprint density at radius 1 is 1.21 bits per heavy atom. The van der Waals surface area contributed by atoms with Crippen molar-refractivity contribution in [2.75, 3.05) is 0 Å². The van der Waals surface area contributed by atoms with E-state index < -0.39 is 0 Å². The molecule has 0 amide bonds. The number of benzene rings is 2. The summed E-state index contributed by atoms with van der Waals surface area (Å²) >= 11 is 5.88. The zero-order chi connectivity index (χ0) is 13.8. The first kappa shape index (κ1) is 15.0. The van der Waals surface area contributed by atoms with Gasteiger partial charge in [0.1, 0.15) is 0 Å². The van der Waals surface area contributed by atoms with Gasteiger partial charge in [-0.2, -0.15) is 0 Å². The Bertz CT molecular complexity index is 555. The van der Waals surface area contributed by atoms with Gasteiger partial charge in [-0.25, -0.2) is 0 Å². The molecule has 2 rings (SSSR count). The predicted octanol–water partition coefficient (Wildman–Crippen LogP) is 4.11. The van der Waals surface area contributed by atoms with Crippen LogP contribution in [-0.4, -0.2) is 0 Å². The van der Waals surface area contributed by atoms with Crippen LogP contribution in [0, 0.1) is 10.5 Å². The average Bonchev–Trinajstić information content (AvgIpc) is 2.42. The maximum Gasteiger partial charge on any atom is 0.0503 e. The second-order valence-corrected chi connectivity index (χ2v) is 6.60. The van der Waals surface area contributed by atoms with E-state index in [2.05, 4.69) is 87.3 Å². The molecule has 0 aliphatic rings. The van der Waals surface area contributed by atoms with E-state index in [0.717, 1.165) is 10.9 Å². The van der Waals surface area contributed by atoms with Gasteiger partial charge in [-0.05, 0) is 70.8 Å². The minimum atomic E-state index is 0.123. The molecular formula is C15H16BrIN2. The molecule has 0 saturated heterocycles. The number of hydrogen-bond donors (Lipinski definition) is 2. The van der Waals surface area contributed by atoms with Gasteiger partial charge in [-0.15, -0.1) is 0 Å². The van der Waals surface area contributed by atoms with Crippen LogP contribution in [0.2, 0.25) is 0 Å². The van der Waals surface area contributed by atoms with Crippen LogP contribution in [0.3, 0.4) is 0 Å². The molecule has 19 heavy (non-hydrogen) atoms. The molecule has 0 saturated carbocycles. The largest absolute Gasteiger partial charge is 0.271 e. The third-order valence-electron chi connectivity index (χ3n) is 3.24. The number of nitrogens with one attached hydrogen (secondary N) is 1. The molecule has 0 aliphatic heterocycles. The lowest BCUT2D eigenvalue weighted by Gasteiger charge is -2.19. The van der Waals surface area contributed by atoms with Crippen LogP contribution in [-0.2, 0) is 6.42 Å². The molecule has 0 fully saturated rings. The molecular weight excluding hydrogens is 415 g/mol. The van der Waals surface area contributed by atoms with Gasteiger partial charge in [0, 0.05) is 8.04 Å². The van der Waals surface area contributed by atoms with Crippen molar-refractivity contribution in [3.8, 4) is 0 Å². The Balaban J connectivity index is 2.25. The van der Waals surface area contributed by atoms with E-state index in [4.69, 9.17) is 5.84 Å². The van der Waals surface area contributed by atoms with Crippen molar-refractivity contribution in [3.05, 3.63) is 67.2 Å². The summed E-state index contributed by atoms with van der Waals surface area (Å²) in [5.41, 5.74) is 6.67. The molecule has 0 aromatic heterocycles. The zero-order valence-corrected chi connectivity index (χ0v) is 14.4. The third-order valence-corrected chi connectivity index (χ3v) is 4.82. The van der Waals surface area contributed by atoms with Gasteiger partial charge >= 0.3 is 0 Å². The normalized spacial score (nSPS) is 12.4. The predicted molar refractivity (Wildman–Crippen MR) is 91.8 cm³/mol. The SMILES string of the molecule is Cc1c(Br)cccc1C(Cc1ccc(I)cc1)NN. The molecule has 3 N–H and O–H groups in total. The number of hydrazine groups is 1. The molecule has 0 bridgehead atoms. The van der Waals surface area contributed by atoms with E-state index in [0.29, 0.717) is 0 Å². The summed E-state index contributed by atoms with van der Waals surface area (Å²) in [7, 11) is 0. The van der Waals surface area contributed by atoms with Crippen molar-refractivity contribution in [1.82, 2.24) is 5.43 Å². The monoisotopic (exact) mass is 430 g/mol. The van der Waals surface area contributed by atoms with Gasteiger partial charge in [-0.3, -0.25) is 11.3 Å². The Morgan fingerprint density at radius 3 is 2.53 bits per heavy atom. The summed E-state index contributed by atoms with van der Waals surface area (Å²) in [6, 6.07) is 14.9. The van der Waals surface area contributed by atoms with Gasteiger partial charge < -0.3 is 0 Å². The van der Waals surface area contributed by atoms with Crippen LogP contribution in [0.5, 0.6) is 0 Å². The molecule has 0 spiro atoms. The maximum atomic E-state index is 5.73. The Morgan fingerprint density at radius 2 is 1.89 bits per heavy atom. The van der Waals surface area contributed by atoms with Gasteiger partial charge in [0.05, 0.1) is 6.04 Å². The van der Waals surface area contributed by atoms with Crippen LogP contribution >= 0.6 is 38.5 Å². The Labute approximate surface area is 136 Å². The lowest BCUT2D eigenvalue weighted by atomic mass is 9.96. The molecule has 0 heterocycles. The molecule has 100 valence electrons. The second-order valence-electron chi connectivity index (χ2n) is 4.50. The van der Waals surface area contributed by atoms with Crippen molar-refractivity contribution in [2.24, 2.45) is 5.84 Å². The first-order valence-corrected chi connectivity index (χ1v) is 7.94. The van der Waals surface area contributed by atoms with Crippen molar-refractivity contribution < 1.29 is 0 Å². The molecule has 0 aliphatic carbocycles. The number of halogens is 2. The molecule has 2 nitrogen and oxygen atoms in total. The summed E-state index contributed by atoms with van der Waals surface area (Å²) in [5, 5.41) is 0. The molecule has 2 aromatic carbocycles. The zero-order valence-electron chi connectivity index (χ0n) is 10.7. The first-order chi connectivity index (χ1) is 9.11. The van der Waals surface area contributed by atoms with Crippen LogP contribution in [0.15, 0.2) is 46.9 Å². The van der Waals surface area contributed by atoms with Gasteiger partial charge in [0.2, 0.25) is 0 Å². The highest BCUT2D eigenvalue weighted by Gasteiger charge is 2.14. The van der Waals surface area contributed by atoms with Crippen molar-refractivity contribution in [1.29, 1.82) is 0 Å². The van der Waals surface area contributed by atoms with E-state index in [1.54, 1.807) is 0 Å². The maximum absolute atomic E-state index is 5.73. The molecule has 1 unspecified atom stereocenters. The van der Waals surface area contributed by atoms with Crippen LogP contribution in [0.1, 0.15) is 22.7 Å². The van der Waals surface area contributed by atoms with Crippen molar-refractivity contribution in [2.45, 2.75) is 19.4 Å². The second kappa shape index (κ2) is 6.83. The summed E-state index contributed by atoms with van der Waals surface area (Å²) in [5.74, 6) is 5.73. The summed E-state index contributed by atoms with van der Waals surface area (Å²) < 4.78 is 2.37. The van der Waals surface area contributed by atoms with E-state index in [1.165, 1.54) is 20.3 Å². The van der Waals surface area contributed by atoms with Crippen LogP contribution in [0.25, 0.3) is 0 Å². The van der Waals surface area contributed by atoms with E-state index in [-0.39, 0.29) is 6.04 Å². The van der Waals surface area contributed by atoms with Gasteiger partial charge in [0.25, 0.3) is 0 Å². The van der Waals surface area contributed by atoms with Crippen LogP contribution < -0.4 is 11.3 Å². The first-order valence-electron chi connectivity index (χ1n) is 6.07. The topological polar surface area (TPSA) is 38.0 Å². The van der Waals surface area contributed by atoms with E-state index in [9.17, 15) is 0 Å². The standard InChI is InChI=1S/C15H16BrIN2/c1-10-13(3-2-4-14(10)16)15(19-18)9-11-5-7-12(17)8-6-11/h2-8,15,19H,9,18H2,1H3. The van der Waals surface area contributed by atoms with E-state index >= 15 is 0 Å². The highest BCUT2D eigenvalue weighted by Crippen LogP contribution is 2.26. The highest BCUT2D eigenvalue weighted by molar-refractivity contribution is 14.1. The molecule has 2 aromatic rings. The number of hydrogen-bond acceptors (Lipinski definition) is 2. The summed E-state index contributed by atoms with van der Waals surface area (Å²) in [6.07, 6.45) is 0.880. The molecule has 4 heteroatoms. The molecule has 1 atom stereocenters. The average molecular weight is 431 g/mol. The van der Waals surface area contributed by atoms with Crippen LogP contribution in [0.4, 0.5) is 0 Å². The number of rotatable bonds is 4. The van der Waals surface area contributed by atoms with Gasteiger partial charge in [-0.1, -0.05) is 40.2 Å².